The number of hydrogen-bond donors (Lipinski definition) is 3. The van der Waals surface area contributed by atoms with Crippen LogP contribution in [0.15, 0.2) is 0 Å². The molecule has 3 amide bonds. The lowest BCUT2D eigenvalue weighted by molar-refractivity contribution is -0.132. The molecule has 1 fully saturated rings. The van der Waals surface area contributed by atoms with Gasteiger partial charge in [-0.2, -0.15) is 0 Å². The van der Waals surface area contributed by atoms with Gasteiger partial charge in [0.15, 0.2) is 0 Å². The molecule has 3 N–H and O–H groups in total. The summed E-state index contributed by atoms with van der Waals surface area (Å²) >= 11 is 0. The van der Waals surface area contributed by atoms with Crippen LogP contribution in [0.5, 0.6) is 0 Å². The predicted octanol–water partition coefficient (Wildman–Crippen LogP) is -0.0751. The van der Waals surface area contributed by atoms with Crippen LogP contribution in [0.4, 0.5) is 4.79 Å². The maximum atomic E-state index is 11.5. The lowest BCUT2D eigenvalue weighted by atomic mass is 9.91. The van der Waals surface area contributed by atoms with Crippen LogP contribution in [0.3, 0.4) is 0 Å². The van der Waals surface area contributed by atoms with Crippen LogP contribution in [0, 0.1) is 5.92 Å². The molecule has 6 nitrogen and oxygen atoms in total. The molecule has 0 aromatic rings. The van der Waals surface area contributed by atoms with Gasteiger partial charge >= 0.3 is 6.03 Å². The fourth-order valence-corrected chi connectivity index (χ4v) is 1.83. The Hall–Kier alpha value is -1.14. The Kier molecular flexibility index (Phi) is 5.10. The zero-order valence-corrected chi connectivity index (χ0v) is 11.3. The van der Waals surface area contributed by atoms with Gasteiger partial charge in [0.05, 0.1) is 12.1 Å². The van der Waals surface area contributed by atoms with Gasteiger partial charge in [0.25, 0.3) is 0 Å². The molecule has 0 atom stereocenters. The molecule has 0 unspecified atom stereocenters. The van der Waals surface area contributed by atoms with Crippen LogP contribution >= 0.6 is 0 Å². The number of nitrogens with zero attached hydrogens (tertiary/aromatic N) is 1. The molecule has 0 saturated carbocycles. The molecule has 1 aliphatic heterocycles. The fourth-order valence-electron chi connectivity index (χ4n) is 1.83. The first-order chi connectivity index (χ1) is 8.34. The molecule has 0 radical (unpaired) electrons. The summed E-state index contributed by atoms with van der Waals surface area (Å²) in [6.45, 7) is 7.54. The van der Waals surface area contributed by atoms with Crippen molar-refractivity contribution in [3.63, 3.8) is 0 Å². The minimum Gasteiger partial charge on any atom is -0.387 e. The zero-order chi connectivity index (χ0) is 13.8. The van der Waals surface area contributed by atoms with E-state index < -0.39 is 11.6 Å². The second-order valence-corrected chi connectivity index (χ2v) is 5.38. The monoisotopic (exact) mass is 257 g/mol. The third-order valence-corrected chi connectivity index (χ3v) is 2.98. The average molecular weight is 257 g/mol. The van der Waals surface area contributed by atoms with E-state index in [0.717, 1.165) is 0 Å². The number of β-amino-alcohol motifs (C(OH)–C–C–N with tert-alkyl or cyclic N) is 1. The molecule has 0 aliphatic carbocycles. The van der Waals surface area contributed by atoms with Crippen molar-refractivity contribution in [3.8, 4) is 0 Å². The Labute approximate surface area is 108 Å². The van der Waals surface area contributed by atoms with Crippen molar-refractivity contribution in [2.45, 2.75) is 32.8 Å². The van der Waals surface area contributed by atoms with Crippen molar-refractivity contribution >= 4 is 11.9 Å². The van der Waals surface area contributed by atoms with Crippen molar-refractivity contribution in [3.05, 3.63) is 0 Å². The standard InChI is InChI=1S/C12H23N3O3/c1-4-12(18)7-15(8-12)6-10(16)14-11(17)13-5-9(2)3/h9,18H,4-8H2,1-3H3,(H2,13,14,16,17). The van der Waals surface area contributed by atoms with Crippen LogP contribution in [0.25, 0.3) is 0 Å². The molecule has 1 rings (SSSR count). The first-order valence-corrected chi connectivity index (χ1v) is 6.37. The van der Waals surface area contributed by atoms with Gasteiger partial charge in [-0.3, -0.25) is 15.0 Å². The molecule has 6 heteroatoms. The molecule has 1 heterocycles. The molecular weight excluding hydrogens is 234 g/mol. The zero-order valence-electron chi connectivity index (χ0n) is 11.3. The van der Waals surface area contributed by atoms with Crippen molar-refractivity contribution in [1.82, 2.24) is 15.5 Å². The summed E-state index contributed by atoms with van der Waals surface area (Å²) in [5.74, 6) is 0.00945. The van der Waals surface area contributed by atoms with Crippen molar-refractivity contribution < 1.29 is 14.7 Å². The number of nitrogens with one attached hydrogen (secondary N) is 2. The second kappa shape index (κ2) is 6.15. The van der Waals surface area contributed by atoms with E-state index in [2.05, 4.69) is 10.6 Å². The number of aliphatic hydroxyl groups is 1. The summed E-state index contributed by atoms with van der Waals surface area (Å²) in [6.07, 6.45) is 0.681. The van der Waals surface area contributed by atoms with E-state index in [1.165, 1.54) is 0 Å². The van der Waals surface area contributed by atoms with E-state index in [1.54, 1.807) is 0 Å². The molecule has 0 bridgehead atoms. The SMILES string of the molecule is CCC1(O)CN(CC(=O)NC(=O)NCC(C)C)C1. The average Bonchev–Trinajstić information content (AvgIpc) is 2.23. The summed E-state index contributed by atoms with van der Waals surface area (Å²) in [5.41, 5.74) is -0.653. The highest BCUT2D eigenvalue weighted by molar-refractivity contribution is 5.95. The number of carbonyl (C=O) groups excluding carboxylic acids is 2. The summed E-state index contributed by atoms with van der Waals surface area (Å²) in [4.78, 5) is 24.6. The van der Waals surface area contributed by atoms with E-state index in [9.17, 15) is 14.7 Å². The minimum atomic E-state index is -0.653. The largest absolute Gasteiger partial charge is 0.387 e. The van der Waals surface area contributed by atoms with Gasteiger partial charge in [-0.1, -0.05) is 20.8 Å². The van der Waals surface area contributed by atoms with Gasteiger partial charge in [-0.15, -0.1) is 0 Å². The van der Waals surface area contributed by atoms with E-state index in [0.29, 0.717) is 32.0 Å². The molecule has 104 valence electrons. The molecule has 0 spiro atoms. The summed E-state index contributed by atoms with van der Waals surface area (Å²) in [5, 5.41) is 14.7. The third kappa shape index (κ3) is 4.62. The van der Waals surface area contributed by atoms with Crippen LogP contribution in [-0.2, 0) is 4.79 Å². The van der Waals surface area contributed by atoms with Crippen LogP contribution in [0.1, 0.15) is 27.2 Å². The molecule has 0 aromatic carbocycles. The van der Waals surface area contributed by atoms with Gasteiger partial charge in [-0.25, -0.2) is 4.79 Å². The number of likely N-dealkylation sites (tertiary alicyclic amines) is 1. The predicted molar refractivity (Wildman–Crippen MR) is 68.1 cm³/mol. The van der Waals surface area contributed by atoms with E-state index >= 15 is 0 Å². The summed E-state index contributed by atoms with van der Waals surface area (Å²) < 4.78 is 0. The Balaban J connectivity index is 2.17. The molecule has 18 heavy (non-hydrogen) atoms. The smallest absolute Gasteiger partial charge is 0.321 e. The van der Waals surface area contributed by atoms with Crippen molar-refractivity contribution in [2.24, 2.45) is 5.92 Å². The van der Waals surface area contributed by atoms with Gasteiger partial charge in [0.1, 0.15) is 0 Å². The normalized spacial score (nSPS) is 18.3. The molecule has 0 aromatic heterocycles. The number of rotatable bonds is 5. The fraction of sp³-hybridized carbons (Fsp3) is 0.833. The molecular formula is C12H23N3O3. The number of imide groups is 1. The van der Waals surface area contributed by atoms with Crippen LogP contribution in [-0.4, -0.2) is 53.7 Å². The topological polar surface area (TPSA) is 81.7 Å². The minimum absolute atomic E-state index is 0.150. The maximum Gasteiger partial charge on any atom is 0.321 e. The maximum absolute atomic E-state index is 11.5. The number of amides is 3. The Morgan fingerprint density at radius 3 is 2.50 bits per heavy atom. The van der Waals surface area contributed by atoms with E-state index in [1.807, 2.05) is 25.7 Å². The van der Waals surface area contributed by atoms with Gasteiger partial charge in [0.2, 0.25) is 5.91 Å². The van der Waals surface area contributed by atoms with Gasteiger partial charge in [-0.05, 0) is 12.3 Å². The van der Waals surface area contributed by atoms with Crippen LogP contribution < -0.4 is 10.6 Å². The van der Waals surface area contributed by atoms with E-state index in [4.69, 9.17) is 0 Å². The number of carbonyl (C=O) groups is 2. The first kappa shape index (κ1) is 14.9. The highest BCUT2D eigenvalue weighted by Crippen LogP contribution is 2.23. The number of hydrogen-bond acceptors (Lipinski definition) is 4. The number of urea groups is 1. The lowest BCUT2D eigenvalue weighted by Crippen LogP contribution is -2.63. The third-order valence-electron chi connectivity index (χ3n) is 2.98. The highest BCUT2D eigenvalue weighted by atomic mass is 16.3. The lowest BCUT2D eigenvalue weighted by Gasteiger charge is -2.45. The van der Waals surface area contributed by atoms with Crippen LogP contribution in [0.2, 0.25) is 0 Å². The van der Waals surface area contributed by atoms with Gasteiger partial charge in [0, 0.05) is 19.6 Å². The van der Waals surface area contributed by atoms with Gasteiger partial charge < -0.3 is 10.4 Å². The summed E-state index contributed by atoms with van der Waals surface area (Å²) in [7, 11) is 0. The molecule has 1 saturated heterocycles. The Bertz CT molecular complexity index is 312. The Morgan fingerprint density at radius 1 is 1.39 bits per heavy atom. The highest BCUT2D eigenvalue weighted by Gasteiger charge is 2.39. The summed E-state index contributed by atoms with van der Waals surface area (Å²) in [6, 6.07) is -0.458. The molecule has 1 aliphatic rings. The Morgan fingerprint density at radius 2 is 2.00 bits per heavy atom. The van der Waals surface area contributed by atoms with E-state index in [-0.39, 0.29) is 12.5 Å². The first-order valence-electron chi connectivity index (χ1n) is 6.37. The second-order valence-electron chi connectivity index (χ2n) is 5.38. The van der Waals surface area contributed by atoms with Crippen molar-refractivity contribution in [1.29, 1.82) is 0 Å². The quantitative estimate of drug-likeness (QED) is 0.643. The van der Waals surface area contributed by atoms with Crippen molar-refractivity contribution in [2.75, 3.05) is 26.2 Å².